The molecule has 0 radical (unpaired) electrons. The van der Waals surface area contributed by atoms with Crippen molar-refractivity contribution < 1.29 is 18.0 Å². The average Bonchev–Trinajstić information content (AvgIpc) is 3.00. The molecule has 0 bridgehead atoms. The van der Waals surface area contributed by atoms with Crippen LogP contribution in [0.3, 0.4) is 0 Å². The van der Waals surface area contributed by atoms with Crippen molar-refractivity contribution in [2.75, 3.05) is 5.32 Å². The van der Waals surface area contributed by atoms with E-state index in [1.165, 1.54) is 6.20 Å². The summed E-state index contributed by atoms with van der Waals surface area (Å²) in [4.78, 5) is 20.0. The second-order valence-electron chi connectivity index (χ2n) is 7.01. The van der Waals surface area contributed by atoms with E-state index in [4.69, 9.17) is 0 Å². The van der Waals surface area contributed by atoms with E-state index in [9.17, 15) is 18.0 Å². The summed E-state index contributed by atoms with van der Waals surface area (Å²) in [6, 6.07) is 2.71. The van der Waals surface area contributed by atoms with Crippen LogP contribution in [-0.2, 0) is 0 Å². The highest BCUT2D eigenvalue weighted by molar-refractivity contribution is 6.08. The number of guanidine groups is 1. The van der Waals surface area contributed by atoms with Gasteiger partial charge < -0.3 is 10.6 Å². The first-order valence-corrected chi connectivity index (χ1v) is 8.25. The summed E-state index contributed by atoms with van der Waals surface area (Å²) in [5, 5.41) is 12.5. The van der Waals surface area contributed by atoms with Crippen LogP contribution in [-0.4, -0.2) is 32.6 Å². The molecule has 10 heteroatoms. The van der Waals surface area contributed by atoms with Crippen molar-refractivity contribution in [1.82, 2.24) is 20.5 Å². The van der Waals surface area contributed by atoms with E-state index in [0.717, 1.165) is 24.4 Å². The van der Waals surface area contributed by atoms with Crippen LogP contribution in [0, 0.1) is 17.5 Å². The van der Waals surface area contributed by atoms with Gasteiger partial charge in [-0.3, -0.25) is 14.9 Å². The van der Waals surface area contributed by atoms with Crippen molar-refractivity contribution in [3.05, 3.63) is 53.6 Å². The topological polar surface area (TPSA) is 95.1 Å². The summed E-state index contributed by atoms with van der Waals surface area (Å²) < 4.78 is 40.6. The number of hydrogen-bond acceptors (Lipinski definition) is 3. The van der Waals surface area contributed by atoms with Crippen LogP contribution in [0.5, 0.6) is 0 Å². The minimum Gasteiger partial charge on any atom is -0.351 e. The van der Waals surface area contributed by atoms with Gasteiger partial charge in [0.1, 0.15) is 0 Å². The Bertz CT molecular complexity index is 1070. The van der Waals surface area contributed by atoms with Gasteiger partial charge in [-0.2, -0.15) is 10.1 Å². The van der Waals surface area contributed by atoms with Gasteiger partial charge in [0.2, 0.25) is 5.96 Å². The Balaban J connectivity index is 1.97. The lowest BCUT2D eigenvalue weighted by molar-refractivity contribution is 0.100. The number of halogens is 3. The summed E-state index contributed by atoms with van der Waals surface area (Å²) in [7, 11) is 0. The summed E-state index contributed by atoms with van der Waals surface area (Å²) in [5.74, 6) is -3.61. The molecular weight excluding hydrogens is 373 g/mol. The highest BCUT2D eigenvalue weighted by atomic mass is 19.2. The molecule has 0 saturated carbocycles. The number of aromatic amines is 1. The molecule has 0 aliphatic heterocycles. The smallest absolute Gasteiger partial charge is 0.280 e. The van der Waals surface area contributed by atoms with E-state index >= 15 is 0 Å². The van der Waals surface area contributed by atoms with Gasteiger partial charge in [0.25, 0.3) is 5.91 Å². The highest BCUT2D eigenvalue weighted by Crippen LogP contribution is 2.22. The third-order valence-electron chi connectivity index (χ3n) is 3.53. The Kier molecular flexibility index (Phi) is 5.04. The maximum absolute atomic E-state index is 14.1. The predicted molar refractivity (Wildman–Crippen MR) is 98.5 cm³/mol. The second kappa shape index (κ2) is 7.29. The van der Waals surface area contributed by atoms with Gasteiger partial charge in [-0.05, 0) is 39.0 Å². The standard InChI is InChI=1S/C18H17F3N6O/c1-18(2,3)25-17(24-16(28)9-4-5-10(19)11(20)6-9)23-15-14-12(21)7-22-8-13(14)26-27-15/h4-8H,1-3H3,(H3,23,24,25,26,27,28). The number of fused-ring (bicyclic) bond motifs is 1. The minimum absolute atomic E-state index is 0.0353. The number of pyridine rings is 1. The minimum atomic E-state index is -1.16. The molecule has 146 valence electrons. The lowest BCUT2D eigenvalue weighted by Crippen LogP contribution is -2.44. The van der Waals surface area contributed by atoms with Crippen LogP contribution in [0.4, 0.5) is 19.0 Å². The first-order chi connectivity index (χ1) is 13.1. The quantitative estimate of drug-likeness (QED) is 0.461. The Morgan fingerprint density at radius 3 is 2.54 bits per heavy atom. The van der Waals surface area contributed by atoms with E-state index < -0.39 is 28.9 Å². The van der Waals surface area contributed by atoms with Gasteiger partial charge in [0.05, 0.1) is 23.3 Å². The number of nitrogens with zero attached hydrogens (tertiary/aromatic N) is 3. The first kappa shape index (κ1) is 19.3. The zero-order valence-corrected chi connectivity index (χ0v) is 15.3. The summed E-state index contributed by atoms with van der Waals surface area (Å²) >= 11 is 0. The molecule has 3 N–H and O–H groups in total. The van der Waals surface area contributed by atoms with Crippen LogP contribution in [0.2, 0.25) is 0 Å². The van der Waals surface area contributed by atoms with Crippen LogP contribution < -0.4 is 10.6 Å². The Hall–Kier alpha value is -3.43. The molecule has 2 heterocycles. The van der Waals surface area contributed by atoms with Gasteiger partial charge in [0, 0.05) is 11.1 Å². The third-order valence-corrected chi connectivity index (χ3v) is 3.53. The molecule has 3 rings (SSSR count). The molecule has 28 heavy (non-hydrogen) atoms. The number of anilines is 1. The molecule has 0 fully saturated rings. The van der Waals surface area contributed by atoms with Crippen molar-refractivity contribution in [2.24, 2.45) is 4.99 Å². The number of aromatic nitrogens is 3. The summed E-state index contributed by atoms with van der Waals surface area (Å²) in [5.41, 5.74) is -0.312. The van der Waals surface area contributed by atoms with E-state index in [1.807, 2.05) is 20.8 Å². The maximum Gasteiger partial charge on any atom is 0.280 e. The number of carbonyl (C=O) groups excluding carboxylic acids is 1. The van der Waals surface area contributed by atoms with Crippen LogP contribution in [0.25, 0.3) is 10.9 Å². The molecule has 1 aromatic carbocycles. The number of H-pyrrole nitrogens is 1. The molecule has 0 saturated heterocycles. The fourth-order valence-corrected chi connectivity index (χ4v) is 2.37. The monoisotopic (exact) mass is 390 g/mol. The van der Waals surface area contributed by atoms with Gasteiger partial charge in [-0.15, -0.1) is 0 Å². The molecule has 1 amide bonds. The van der Waals surface area contributed by atoms with Crippen LogP contribution in [0.15, 0.2) is 35.6 Å². The first-order valence-electron chi connectivity index (χ1n) is 8.25. The highest BCUT2D eigenvalue weighted by Gasteiger charge is 2.19. The maximum atomic E-state index is 14.1. The number of rotatable bonds is 2. The Morgan fingerprint density at radius 1 is 1.11 bits per heavy atom. The molecule has 0 spiro atoms. The summed E-state index contributed by atoms with van der Waals surface area (Å²) in [6.45, 7) is 5.46. The van der Waals surface area contributed by atoms with Crippen molar-refractivity contribution in [3.8, 4) is 0 Å². The fraction of sp³-hybridized carbons (Fsp3) is 0.222. The van der Waals surface area contributed by atoms with Crippen molar-refractivity contribution in [3.63, 3.8) is 0 Å². The third kappa shape index (κ3) is 4.27. The lowest BCUT2D eigenvalue weighted by atomic mass is 10.1. The van der Waals surface area contributed by atoms with Crippen molar-refractivity contribution >= 4 is 28.6 Å². The van der Waals surface area contributed by atoms with E-state index in [1.54, 1.807) is 0 Å². The number of aliphatic imine (C=N–C) groups is 1. The zero-order chi connectivity index (χ0) is 20.5. The molecule has 2 aromatic heterocycles. The Morgan fingerprint density at radius 2 is 1.86 bits per heavy atom. The molecule has 3 aromatic rings. The molecule has 0 aliphatic carbocycles. The molecular formula is C18H17F3N6O. The number of carbonyl (C=O) groups is 1. The number of hydrogen-bond donors (Lipinski definition) is 3. The van der Waals surface area contributed by atoms with Gasteiger partial charge >= 0.3 is 0 Å². The van der Waals surface area contributed by atoms with E-state index in [2.05, 4.69) is 30.8 Å². The fourth-order valence-electron chi connectivity index (χ4n) is 2.37. The second-order valence-corrected chi connectivity index (χ2v) is 7.01. The molecule has 0 aliphatic rings. The van der Waals surface area contributed by atoms with Crippen molar-refractivity contribution in [2.45, 2.75) is 26.3 Å². The zero-order valence-electron chi connectivity index (χ0n) is 15.3. The Labute approximate surface area is 158 Å². The number of nitrogens with one attached hydrogen (secondary N) is 3. The van der Waals surface area contributed by atoms with Crippen molar-refractivity contribution in [1.29, 1.82) is 0 Å². The molecule has 7 nitrogen and oxygen atoms in total. The van der Waals surface area contributed by atoms with Crippen LogP contribution >= 0.6 is 0 Å². The molecule has 0 atom stereocenters. The summed E-state index contributed by atoms with van der Waals surface area (Å²) in [6.07, 6.45) is 2.43. The SMILES string of the molecule is CC(C)(C)N/C(=N/C(=O)c1ccc(F)c(F)c1)Nc1n[nH]c2cncc(F)c12. The van der Waals surface area contributed by atoms with Crippen LogP contribution in [0.1, 0.15) is 31.1 Å². The molecule has 0 unspecified atom stereocenters. The van der Waals surface area contributed by atoms with Gasteiger partial charge in [-0.25, -0.2) is 13.2 Å². The number of amides is 1. The predicted octanol–water partition coefficient (Wildman–Crippen LogP) is 3.37. The number of benzene rings is 1. The van der Waals surface area contributed by atoms with Gasteiger partial charge in [0.15, 0.2) is 23.3 Å². The van der Waals surface area contributed by atoms with E-state index in [-0.39, 0.29) is 22.7 Å². The van der Waals surface area contributed by atoms with E-state index in [0.29, 0.717) is 5.52 Å². The lowest BCUT2D eigenvalue weighted by Gasteiger charge is -2.23. The average molecular weight is 390 g/mol. The normalized spacial score (nSPS) is 12.3. The van der Waals surface area contributed by atoms with Gasteiger partial charge in [-0.1, -0.05) is 0 Å². The largest absolute Gasteiger partial charge is 0.351 e.